The van der Waals surface area contributed by atoms with Gasteiger partial charge >= 0.3 is 6.03 Å². The predicted molar refractivity (Wildman–Crippen MR) is 98.5 cm³/mol. The maximum absolute atomic E-state index is 12.1. The normalized spacial score (nSPS) is 11.8. The number of fused-ring (bicyclic) bond motifs is 1. The van der Waals surface area contributed by atoms with Crippen LogP contribution in [0.2, 0.25) is 0 Å². The van der Waals surface area contributed by atoms with E-state index in [2.05, 4.69) is 21.7 Å². The van der Waals surface area contributed by atoms with Gasteiger partial charge in [0.25, 0.3) is 0 Å². The molecule has 0 aliphatic rings. The third-order valence-electron chi connectivity index (χ3n) is 4.12. The van der Waals surface area contributed by atoms with Crippen molar-refractivity contribution < 1.29 is 9.53 Å². The van der Waals surface area contributed by atoms with Crippen molar-refractivity contribution in [3.05, 3.63) is 72.1 Å². The first kappa shape index (κ1) is 16.8. The van der Waals surface area contributed by atoms with E-state index in [0.29, 0.717) is 6.54 Å². The molecule has 1 aromatic heterocycles. The van der Waals surface area contributed by atoms with Crippen molar-refractivity contribution >= 4 is 16.8 Å². The zero-order valence-electron chi connectivity index (χ0n) is 14.3. The highest BCUT2D eigenvalue weighted by atomic mass is 16.5. The highest BCUT2D eigenvalue weighted by Crippen LogP contribution is 2.21. The molecule has 2 amide bonds. The van der Waals surface area contributed by atoms with Gasteiger partial charge in [-0.1, -0.05) is 18.2 Å². The van der Waals surface area contributed by atoms with Crippen molar-refractivity contribution in [3.8, 4) is 5.75 Å². The SMILES string of the molecule is COc1ccc2cc(CNC(=O)N[C@H](C)c3ccncc3)ccc2c1. The third-order valence-corrected chi connectivity index (χ3v) is 4.12. The van der Waals surface area contributed by atoms with Gasteiger partial charge < -0.3 is 15.4 Å². The Labute approximate surface area is 147 Å². The minimum Gasteiger partial charge on any atom is -0.497 e. The van der Waals surface area contributed by atoms with Crippen LogP contribution in [0.25, 0.3) is 10.8 Å². The molecule has 0 unspecified atom stereocenters. The molecule has 3 aromatic rings. The number of rotatable bonds is 5. The van der Waals surface area contributed by atoms with Crippen LogP contribution in [0.15, 0.2) is 60.9 Å². The predicted octanol–water partition coefficient (Wildman–Crippen LogP) is 3.80. The summed E-state index contributed by atoms with van der Waals surface area (Å²) >= 11 is 0. The molecule has 0 saturated carbocycles. The number of nitrogens with zero attached hydrogens (tertiary/aromatic N) is 1. The number of ether oxygens (including phenoxy) is 1. The second kappa shape index (κ2) is 7.66. The molecule has 0 radical (unpaired) electrons. The van der Waals surface area contributed by atoms with Crippen molar-refractivity contribution in [2.75, 3.05) is 7.11 Å². The highest BCUT2D eigenvalue weighted by Gasteiger charge is 2.09. The number of methoxy groups -OCH3 is 1. The lowest BCUT2D eigenvalue weighted by atomic mass is 10.1. The number of benzene rings is 2. The Kier molecular flexibility index (Phi) is 5.14. The topological polar surface area (TPSA) is 63.2 Å². The molecule has 5 nitrogen and oxygen atoms in total. The van der Waals surface area contributed by atoms with Crippen LogP contribution in [0.1, 0.15) is 24.1 Å². The van der Waals surface area contributed by atoms with Gasteiger partial charge in [0, 0.05) is 18.9 Å². The number of hydrogen-bond donors (Lipinski definition) is 2. The standard InChI is InChI=1S/C20H21N3O2/c1-14(16-7-9-21-10-8-16)23-20(24)22-13-15-3-4-18-12-19(25-2)6-5-17(18)11-15/h3-12,14H,13H2,1-2H3,(H2,22,23,24)/t14-/m1/s1. The molecule has 0 aliphatic carbocycles. The first-order valence-electron chi connectivity index (χ1n) is 8.16. The molecule has 128 valence electrons. The number of aromatic nitrogens is 1. The molecule has 5 heteroatoms. The van der Waals surface area contributed by atoms with Gasteiger partial charge in [0.15, 0.2) is 0 Å². The molecular weight excluding hydrogens is 314 g/mol. The molecule has 0 fully saturated rings. The number of amides is 2. The summed E-state index contributed by atoms with van der Waals surface area (Å²) in [6, 6.07) is 15.6. The Morgan fingerprint density at radius 1 is 1.08 bits per heavy atom. The highest BCUT2D eigenvalue weighted by molar-refractivity contribution is 5.84. The second-order valence-corrected chi connectivity index (χ2v) is 5.88. The number of carbonyl (C=O) groups excluding carboxylic acids is 1. The lowest BCUT2D eigenvalue weighted by Gasteiger charge is -2.15. The van der Waals surface area contributed by atoms with E-state index in [4.69, 9.17) is 4.74 Å². The van der Waals surface area contributed by atoms with Crippen LogP contribution < -0.4 is 15.4 Å². The second-order valence-electron chi connectivity index (χ2n) is 5.88. The quantitative estimate of drug-likeness (QED) is 0.745. The molecule has 1 atom stereocenters. The number of nitrogens with one attached hydrogen (secondary N) is 2. The Balaban J connectivity index is 1.59. The third kappa shape index (κ3) is 4.26. The Morgan fingerprint density at radius 2 is 1.80 bits per heavy atom. The first-order valence-corrected chi connectivity index (χ1v) is 8.16. The minimum atomic E-state index is -0.195. The van der Waals surface area contributed by atoms with Crippen molar-refractivity contribution in [3.63, 3.8) is 0 Å². The number of pyridine rings is 1. The molecule has 2 aromatic carbocycles. The monoisotopic (exact) mass is 335 g/mol. The summed E-state index contributed by atoms with van der Waals surface area (Å²) in [7, 11) is 1.66. The summed E-state index contributed by atoms with van der Waals surface area (Å²) in [5.74, 6) is 0.836. The molecule has 0 saturated heterocycles. The molecular formula is C20H21N3O2. The van der Waals surface area contributed by atoms with E-state index in [9.17, 15) is 4.79 Å². The molecule has 0 bridgehead atoms. The Morgan fingerprint density at radius 3 is 2.56 bits per heavy atom. The van der Waals surface area contributed by atoms with E-state index in [1.807, 2.05) is 49.4 Å². The summed E-state index contributed by atoms with van der Waals surface area (Å²) in [5, 5.41) is 8.05. The van der Waals surface area contributed by atoms with Crippen molar-refractivity contribution in [1.29, 1.82) is 0 Å². The van der Waals surface area contributed by atoms with Crippen LogP contribution in [0.4, 0.5) is 4.79 Å². The van der Waals surface area contributed by atoms with Crippen LogP contribution in [0, 0.1) is 0 Å². The van der Waals surface area contributed by atoms with Crippen molar-refractivity contribution in [1.82, 2.24) is 15.6 Å². The molecule has 1 heterocycles. The van der Waals surface area contributed by atoms with Crippen molar-refractivity contribution in [2.24, 2.45) is 0 Å². The van der Waals surface area contributed by atoms with Gasteiger partial charge in [-0.3, -0.25) is 4.98 Å². The van der Waals surface area contributed by atoms with Gasteiger partial charge in [0.1, 0.15) is 5.75 Å². The molecule has 2 N–H and O–H groups in total. The summed E-state index contributed by atoms with van der Waals surface area (Å²) < 4.78 is 5.24. The lowest BCUT2D eigenvalue weighted by molar-refractivity contribution is 0.237. The van der Waals surface area contributed by atoms with Crippen molar-refractivity contribution in [2.45, 2.75) is 19.5 Å². The van der Waals surface area contributed by atoms with Gasteiger partial charge in [0.05, 0.1) is 13.2 Å². The molecule has 0 spiro atoms. The van der Waals surface area contributed by atoms with E-state index < -0.39 is 0 Å². The van der Waals surface area contributed by atoms with Gasteiger partial charge in [-0.2, -0.15) is 0 Å². The Hall–Kier alpha value is -3.08. The first-order chi connectivity index (χ1) is 12.2. The zero-order valence-corrected chi connectivity index (χ0v) is 14.3. The van der Waals surface area contributed by atoms with E-state index in [-0.39, 0.29) is 12.1 Å². The summed E-state index contributed by atoms with van der Waals surface area (Å²) in [6.07, 6.45) is 3.44. The van der Waals surface area contributed by atoms with E-state index >= 15 is 0 Å². The number of urea groups is 1. The molecule has 0 aliphatic heterocycles. The van der Waals surface area contributed by atoms with Crippen LogP contribution in [0.5, 0.6) is 5.75 Å². The average Bonchev–Trinajstić information content (AvgIpc) is 2.66. The largest absolute Gasteiger partial charge is 0.497 e. The van der Waals surface area contributed by atoms with E-state index in [1.165, 1.54) is 0 Å². The van der Waals surface area contributed by atoms with Gasteiger partial charge in [-0.15, -0.1) is 0 Å². The van der Waals surface area contributed by atoms with Crippen LogP contribution >= 0.6 is 0 Å². The smallest absolute Gasteiger partial charge is 0.315 e. The van der Waals surface area contributed by atoms with Gasteiger partial charge in [-0.25, -0.2) is 4.79 Å². The van der Waals surface area contributed by atoms with Crippen LogP contribution in [-0.2, 0) is 6.54 Å². The fourth-order valence-electron chi connectivity index (χ4n) is 2.68. The maximum atomic E-state index is 12.1. The zero-order chi connectivity index (χ0) is 17.6. The summed E-state index contributed by atoms with van der Waals surface area (Å²) in [5.41, 5.74) is 2.06. The number of hydrogen-bond acceptors (Lipinski definition) is 3. The average molecular weight is 335 g/mol. The van der Waals surface area contributed by atoms with Gasteiger partial charge in [-0.05, 0) is 59.2 Å². The molecule has 25 heavy (non-hydrogen) atoms. The summed E-state index contributed by atoms with van der Waals surface area (Å²) in [4.78, 5) is 16.1. The minimum absolute atomic E-state index is 0.0768. The summed E-state index contributed by atoms with van der Waals surface area (Å²) in [6.45, 7) is 2.41. The van der Waals surface area contributed by atoms with E-state index in [1.54, 1.807) is 19.5 Å². The fraction of sp³-hybridized carbons (Fsp3) is 0.200. The fourth-order valence-corrected chi connectivity index (χ4v) is 2.68. The molecule has 3 rings (SSSR count). The Bertz CT molecular complexity index is 865. The number of carbonyl (C=O) groups is 1. The van der Waals surface area contributed by atoms with Crippen LogP contribution in [0.3, 0.4) is 0 Å². The maximum Gasteiger partial charge on any atom is 0.315 e. The van der Waals surface area contributed by atoms with Gasteiger partial charge in [0.2, 0.25) is 0 Å². The van der Waals surface area contributed by atoms with Crippen LogP contribution in [-0.4, -0.2) is 18.1 Å². The van der Waals surface area contributed by atoms with E-state index in [0.717, 1.165) is 27.6 Å². The lowest BCUT2D eigenvalue weighted by Crippen LogP contribution is -2.36.